The van der Waals surface area contributed by atoms with Crippen LogP contribution in [0.3, 0.4) is 0 Å². The summed E-state index contributed by atoms with van der Waals surface area (Å²) in [5, 5.41) is 10.9. The van der Waals surface area contributed by atoms with E-state index in [0.717, 1.165) is 11.4 Å². The number of ether oxygens (including phenoxy) is 1. The number of rotatable bonds is 4. The highest BCUT2D eigenvalue weighted by atomic mass is 16.5. The molecular weight excluding hydrogens is 306 g/mol. The van der Waals surface area contributed by atoms with Crippen LogP contribution >= 0.6 is 0 Å². The summed E-state index contributed by atoms with van der Waals surface area (Å²) in [5.41, 5.74) is 2.69. The molecule has 0 fully saturated rings. The lowest BCUT2D eigenvalue weighted by molar-refractivity contribution is -0.114. The SMILES string of the molecule is CC(=O)Nc1ccc(Oc2ccc(-n3cnc(C)c3C)nn2)cc1. The minimum Gasteiger partial charge on any atom is -0.438 e. The molecule has 0 aliphatic heterocycles. The highest BCUT2D eigenvalue weighted by Crippen LogP contribution is 2.21. The van der Waals surface area contributed by atoms with E-state index in [2.05, 4.69) is 20.5 Å². The Labute approximate surface area is 139 Å². The lowest BCUT2D eigenvalue weighted by Crippen LogP contribution is -2.05. The van der Waals surface area contributed by atoms with Crippen LogP contribution < -0.4 is 10.1 Å². The summed E-state index contributed by atoms with van der Waals surface area (Å²) in [5.74, 6) is 1.57. The first-order chi connectivity index (χ1) is 11.5. The maximum Gasteiger partial charge on any atom is 0.238 e. The number of anilines is 1. The van der Waals surface area contributed by atoms with Gasteiger partial charge in [-0.2, -0.15) is 0 Å². The number of aromatic nitrogens is 4. The van der Waals surface area contributed by atoms with Crippen molar-refractivity contribution in [1.29, 1.82) is 0 Å². The summed E-state index contributed by atoms with van der Waals surface area (Å²) in [6.45, 7) is 5.39. The van der Waals surface area contributed by atoms with Gasteiger partial charge in [-0.25, -0.2) is 4.98 Å². The Balaban J connectivity index is 1.72. The van der Waals surface area contributed by atoms with Crippen LogP contribution in [-0.4, -0.2) is 25.7 Å². The molecule has 3 rings (SSSR count). The molecular formula is C17H17N5O2. The molecule has 0 aliphatic carbocycles. The van der Waals surface area contributed by atoms with Gasteiger partial charge in [0.2, 0.25) is 11.8 Å². The van der Waals surface area contributed by atoms with Gasteiger partial charge in [-0.3, -0.25) is 9.36 Å². The Morgan fingerprint density at radius 1 is 1.08 bits per heavy atom. The number of benzene rings is 1. The fourth-order valence-electron chi connectivity index (χ4n) is 2.16. The molecule has 1 amide bonds. The van der Waals surface area contributed by atoms with Crippen LogP contribution in [0, 0.1) is 13.8 Å². The molecule has 0 bridgehead atoms. The zero-order chi connectivity index (χ0) is 17.1. The fraction of sp³-hybridized carbons (Fsp3) is 0.176. The second-order valence-corrected chi connectivity index (χ2v) is 5.32. The smallest absolute Gasteiger partial charge is 0.238 e. The number of amides is 1. The van der Waals surface area contributed by atoms with E-state index < -0.39 is 0 Å². The van der Waals surface area contributed by atoms with Crippen molar-refractivity contribution in [2.75, 3.05) is 5.32 Å². The summed E-state index contributed by atoms with van der Waals surface area (Å²) in [6.07, 6.45) is 1.72. The molecule has 24 heavy (non-hydrogen) atoms. The molecule has 1 N–H and O–H groups in total. The van der Waals surface area contributed by atoms with Crippen LogP contribution in [0.15, 0.2) is 42.7 Å². The predicted octanol–water partition coefficient (Wildman–Crippen LogP) is 3.03. The third-order valence-corrected chi connectivity index (χ3v) is 3.52. The summed E-state index contributed by atoms with van der Waals surface area (Å²) in [4.78, 5) is 15.2. The molecule has 0 spiro atoms. The summed E-state index contributed by atoms with van der Waals surface area (Å²) < 4.78 is 7.52. The summed E-state index contributed by atoms with van der Waals surface area (Å²) in [7, 11) is 0. The molecule has 2 heterocycles. The molecule has 7 nitrogen and oxygen atoms in total. The summed E-state index contributed by atoms with van der Waals surface area (Å²) >= 11 is 0. The minimum atomic E-state index is -0.116. The number of imidazole rings is 1. The van der Waals surface area contributed by atoms with Crippen molar-refractivity contribution in [3.05, 3.63) is 54.1 Å². The van der Waals surface area contributed by atoms with Crippen molar-refractivity contribution in [1.82, 2.24) is 19.7 Å². The monoisotopic (exact) mass is 323 g/mol. The van der Waals surface area contributed by atoms with Gasteiger partial charge in [0.1, 0.15) is 12.1 Å². The van der Waals surface area contributed by atoms with Gasteiger partial charge in [0.25, 0.3) is 0 Å². The fourth-order valence-corrected chi connectivity index (χ4v) is 2.16. The Hall–Kier alpha value is -3.22. The van der Waals surface area contributed by atoms with Crippen molar-refractivity contribution in [3.8, 4) is 17.4 Å². The third kappa shape index (κ3) is 3.40. The van der Waals surface area contributed by atoms with Crippen molar-refractivity contribution in [2.45, 2.75) is 20.8 Å². The number of carbonyl (C=O) groups excluding carboxylic acids is 1. The molecule has 0 aliphatic rings. The number of hydrogen-bond acceptors (Lipinski definition) is 5. The van der Waals surface area contributed by atoms with E-state index >= 15 is 0 Å². The standard InChI is InChI=1S/C17H17N5O2/c1-11-12(2)22(10-18-11)16-8-9-17(21-20-16)24-15-6-4-14(5-7-15)19-13(3)23/h4-10H,1-3H3,(H,19,23). The molecule has 1 aromatic carbocycles. The Morgan fingerprint density at radius 3 is 2.38 bits per heavy atom. The number of aryl methyl sites for hydroxylation is 1. The second kappa shape index (κ2) is 6.49. The van der Waals surface area contributed by atoms with Gasteiger partial charge in [0.05, 0.1) is 5.69 Å². The van der Waals surface area contributed by atoms with E-state index in [1.807, 2.05) is 24.5 Å². The molecule has 122 valence electrons. The Bertz CT molecular complexity index is 854. The van der Waals surface area contributed by atoms with Crippen molar-refractivity contribution >= 4 is 11.6 Å². The molecule has 0 unspecified atom stereocenters. The predicted molar refractivity (Wildman–Crippen MR) is 89.4 cm³/mol. The van der Waals surface area contributed by atoms with E-state index in [4.69, 9.17) is 4.74 Å². The molecule has 0 radical (unpaired) electrons. The van der Waals surface area contributed by atoms with E-state index in [1.54, 1.807) is 36.7 Å². The van der Waals surface area contributed by atoms with Gasteiger partial charge in [-0.05, 0) is 44.2 Å². The lowest BCUT2D eigenvalue weighted by atomic mass is 10.3. The second-order valence-electron chi connectivity index (χ2n) is 5.32. The Kier molecular flexibility index (Phi) is 4.24. The maximum absolute atomic E-state index is 11.0. The van der Waals surface area contributed by atoms with Gasteiger partial charge in [0, 0.05) is 24.4 Å². The van der Waals surface area contributed by atoms with Crippen LogP contribution in [0.25, 0.3) is 5.82 Å². The van der Waals surface area contributed by atoms with Crippen molar-refractivity contribution in [3.63, 3.8) is 0 Å². The van der Waals surface area contributed by atoms with Crippen molar-refractivity contribution < 1.29 is 9.53 Å². The molecule has 0 atom stereocenters. The largest absolute Gasteiger partial charge is 0.438 e. The molecule has 3 aromatic rings. The normalized spacial score (nSPS) is 10.5. The Morgan fingerprint density at radius 2 is 1.83 bits per heavy atom. The van der Waals surface area contributed by atoms with Crippen LogP contribution in [0.4, 0.5) is 5.69 Å². The lowest BCUT2D eigenvalue weighted by Gasteiger charge is -2.07. The molecule has 2 aromatic heterocycles. The van der Waals surface area contributed by atoms with Crippen LogP contribution in [-0.2, 0) is 4.79 Å². The van der Waals surface area contributed by atoms with E-state index in [9.17, 15) is 4.79 Å². The first-order valence-electron chi connectivity index (χ1n) is 7.43. The molecule has 7 heteroatoms. The average molecular weight is 323 g/mol. The highest BCUT2D eigenvalue weighted by molar-refractivity contribution is 5.88. The average Bonchev–Trinajstić information content (AvgIpc) is 2.89. The quantitative estimate of drug-likeness (QED) is 0.798. The topological polar surface area (TPSA) is 81.9 Å². The third-order valence-electron chi connectivity index (χ3n) is 3.52. The molecule has 0 saturated carbocycles. The van der Waals surface area contributed by atoms with E-state index in [-0.39, 0.29) is 5.91 Å². The van der Waals surface area contributed by atoms with Gasteiger partial charge in [-0.15, -0.1) is 10.2 Å². The number of nitrogens with zero attached hydrogens (tertiary/aromatic N) is 4. The zero-order valence-corrected chi connectivity index (χ0v) is 13.6. The number of hydrogen-bond donors (Lipinski definition) is 1. The van der Waals surface area contributed by atoms with E-state index in [0.29, 0.717) is 23.1 Å². The van der Waals surface area contributed by atoms with Crippen LogP contribution in [0.1, 0.15) is 18.3 Å². The number of nitrogens with one attached hydrogen (secondary N) is 1. The first-order valence-corrected chi connectivity index (χ1v) is 7.43. The minimum absolute atomic E-state index is 0.116. The number of carbonyl (C=O) groups is 1. The van der Waals surface area contributed by atoms with Gasteiger partial charge in [-0.1, -0.05) is 0 Å². The van der Waals surface area contributed by atoms with Crippen LogP contribution in [0.2, 0.25) is 0 Å². The summed E-state index contributed by atoms with van der Waals surface area (Å²) in [6, 6.07) is 10.6. The van der Waals surface area contributed by atoms with Gasteiger partial charge in [0.15, 0.2) is 5.82 Å². The van der Waals surface area contributed by atoms with E-state index in [1.165, 1.54) is 6.92 Å². The molecule has 0 saturated heterocycles. The van der Waals surface area contributed by atoms with Gasteiger partial charge < -0.3 is 10.1 Å². The van der Waals surface area contributed by atoms with Crippen molar-refractivity contribution in [2.24, 2.45) is 0 Å². The maximum atomic E-state index is 11.0. The zero-order valence-electron chi connectivity index (χ0n) is 13.6. The first kappa shape index (κ1) is 15.7. The van der Waals surface area contributed by atoms with Crippen LogP contribution in [0.5, 0.6) is 11.6 Å². The van der Waals surface area contributed by atoms with Gasteiger partial charge >= 0.3 is 0 Å². The highest BCUT2D eigenvalue weighted by Gasteiger charge is 2.07.